The highest BCUT2D eigenvalue weighted by molar-refractivity contribution is 7.80. The van der Waals surface area contributed by atoms with E-state index in [4.69, 9.17) is 18.0 Å². The second-order valence-corrected chi connectivity index (χ2v) is 5.41. The van der Waals surface area contributed by atoms with E-state index in [1.165, 1.54) is 0 Å². The van der Waals surface area contributed by atoms with E-state index >= 15 is 0 Å². The van der Waals surface area contributed by atoms with E-state index in [1.807, 2.05) is 42.5 Å². The van der Waals surface area contributed by atoms with Crippen LogP contribution in [0.2, 0.25) is 0 Å². The molecule has 0 aromatic heterocycles. The molecule has 0 aliphatic carbocycles. The minimum Gasteiger partial charge on any atom is -0.375 e. The molecule has 0 aliphatic rings. The smallest absolute Gasteiger partial charge is 0.184 e. The first-order valence-corrected chi connectivity index (χ1v) is 6.17. The molecule has 18 heavy (non-hydrogen) atoms. The summed E-state index contributed by atoms with van der Waals surface area (Å²) in [7, 11) is 0. The molecule has 4 heteroatoms. The van der Waals surface area contributed by atoms with Gasteiger partial charge < -0.3 is 5.73 Å². The van der Waals surface area contributed by atoms with Crippen LogP contribution in [-0.2, 0) is 0 Å². The SMILES string of the molecule is CC(C)(C)C(/C=C/c1ccccc1)=N/NC(N)=S. The Morgan fingerprint density at radius 3 is 2.39 bits per heavy atom. The van der Waals surface area contributed by atoms with Gasteiger partial charge in [0.2, 0.25) is 0 Å². The first-order valence-electron chi connectivity index (χ1n) is 5.76. The molecule has 1 aromatic carbocycles. The van der Waals surface area contributed by atoms with Crippen molar-refractivity contribution in [2.75, 3.05) is 0 Å². The number of nitrogens with two attached hydrogens (primary N) is 1. The molecule has 3 N–H and O–H groups in total. The van der Waals surface area contributed by atoms with Crippen molar-refractivity contribution < 1.29 is 0 Å². The van der Waals surface area contributed by atoms with Crippen LogP contribution in [0, 0.1) is 5.41 Å². The van der Waals surface area contributed by atoms with E-state index < -0.39 is 0 Å². The number of nitrogens with one attached hydrogen (secondary N) is 1. The van der Waals surface area contributed by atoms with Crippen molar-refractivity contribution >= 4 is 29.1 Å². The van der Waals surface area contributed by atoms with Crippen LogP contribution in [0.15, 0.2) is 41.5 Å². The normalized spacial score (nSPS) is 12.7. The van der Waals surface area contributed by atoms with Crippen molar-refractivity contribution in [2.24, 2.45) is 16.3 Å². The number of thiocarbonyl (C=S) groups is 1. The zero-order valence-electron chi connectivity index (χ0n) is 11.0. The lowest BCUT2D eigenvalue weighted by atomic mass is 9.89. The molecule has 0 spiro atoms. The van der Waals surface area contributed by atoms with Gasteiger partial charge in [-0.25, -0.2) is 0 Å². The number of hydrogen-bond donors (Lipinski definition) is 2. The Labute approximate surface area is 114 Å². The molecule has 96 valence electrons. The monoisotopic (exact) mass is 261 g/mol. The summed E-state index contributed by atoms with van der Waals surface area (Å²) in [5.74, 6) is 0. The van der Waals surface area contributed by atoms with E-state index in [0.29, 0.717) is 0 Å². The van der Waals surface area contributed by atoms with Crippen LogP contribution in [-0.4, -0.2) is 10.8 Å². The summed E-state index contributed by atoms with van der Waals surface area (Å²) in [4.78, 5) is 0. The maximum Gasteiger partial charge on any atom is 0.184 e. The van der Waals surface area contributed by atoms with Gasteiger partial charge in [-0.05, 0) is 23.9 Å². The molecule has 0 saturated carbocycles. The van der Waals surface area contributed by atoms with Crippen LogP contribution < -0.4 is 11.2 Å². The lowest BCUT2D eigenvalue weighted by Crippen LogP contribution is -2.28. The molecule has 1 rings (SSSR count). The molecule has 0 unspecified atom stereocenters. The standard InChI is InChI=1S/C14H19N3S/c1-14(2,3)12(16-17-13(15)18)10-9-11-7-5-4-6-8-11/h4-10H,1-3H3,(H3,15,17,18)/b10-9+,16-12+. The Bertz CT molecular complexity index is 456. The predicted octanol–water partition coefficient (Wildman–Crippen LogP) is 2.94. The van der Waals surface area contributed by atoms with Crippen LogP contribution in [0.25, 0.3) is 6.08 Å². The van der Waals surface area contributed by atoms with Crippen LogP contribution in [0.3, 0.4) is 0 Å². The van der Waals surface area contributed by atoms with Gasteiger partial charge in [0.05, 0.1) is 5.71 Å². The van der Waals surface area contributed by atoms with Crippen molar-refractivity contribution in [1.29, 1.82) is 0 Å². The molecule has 0 fully saturated rings. The highest BCUT2D eigenvalue weighted by Crippen LogP contribution is 2.17. The number of hydrogen-bond acceptors (Lipinski definition) is 2. The van der Waals surface area contributed by atoms with Gasteiger partial charge in [0.15, 0.2) is 5.11 Å². The Kier molecular flexibility index (Phi) is 5.04. The van der Waals surface area contributed by atoms with Crippen LogP contribution >= 0.6 is 12.2 Å². The third-order valence-electron chi connectivity index (χ3n) is 2.29. The number of hydrazone groups is 1. The summed E-state index contributed by atoms with van der Waals surface area (Å²) in [6.45, 7) is 6.26. The van der Waals surface area contributed by atoms with E-state index in [9.17, 15) is 0 Å². The lowest BCUT2D eigenvalue weighted by molar-refractivity contribution is 0.589. The molecule has 1 aromatic rings. The zero-order chi connectivity index (χ0) is 13.6. The van der Waals surface area contributed by atoms with Crippen molar-refractivity contribution in [3.05, 3.63) is 42.0 Å². The fourth-order valence-electron chi connectivity index (χ4n) is 1.31. The molecule has 3 nitrogen and oxygen atoms in total. The average molecular weight is 261 g/mol. The van der Waals surface area contributed by atoms with Crippen LogP contribution in [0.1, 0.15) is 26.3 Å². The van der Waals surface area contributed by atoms with Crippen LogP contribution in [0.5, 0.6) is 0 Å². The summed E-state index contributed by atoms with van der Waals surface area (Å²) in [6, 6.07) is 10.1. The predicted molar refractivity (Wildman–Crippen MR) is 82.3 cm³/mol. The van der Waals surface area contributed by atoms with Crippen molar-refractivity contribution in [3.8, 4) is 0 Å². The van der Waals surface area contributed by atoms with E-state index in [1.54, 1.807) is 0 Å². The number of nitrogens with zero attached hydrogens (tertiary/aromatic N) is 1. The van der Waals surface area contributed by atoms with Gasteiger partial charge in [-0.3, -0.25) is 5.43 Å². The summed E-state index contributed by atoms with van der Waals surface area (Å²) in [5, 5.41) is 4.39. The Balaban J connectivity index is 2.89. The summed E-state index contributed by atoms with van der Waals surface area (Å²) in [6.07, 6.45) is 3.99. The zero-order valence-corrected chi connectivity index (χ0v) is 11.8. The second kappa shape index (κ2) is 6.31. The number of benzene rings is 1. The van der Waals surface area contributed by atoms with Crippen molar-refractivity contribution in [2.45, 2.75) is 20.8 Å². The molecule has 0 atom stereocenters. The second-order valence-electron chi connectivity index (χ2n) is 4.97. The first kappa shape index (κ1) is 14.4. The van der Waals surface area contributed by atoms with Gasteiger partial charge >= 0.3 is 0 Å². The van der Waals surface area contributed by atoms with E-state index in [0.717, 1.165) is 11.3 Å². The largest absolute Gasteiger partial charge is 0.375 e. The lowest BCUT2D eigenvalue weighted by Gasteiger charge is -2.18. The summed E-state index contributed by atoms with van der Waals surface area (Å²) >= 11 is 4.75. The van der Waals surface area contributed by atoms with Gasteiger partial charge in [-0.2, -0.15) is 5.10 Å². The Morgan fingerprint density at radius 1 is 1.28 bits per heavy atom. The molecule has 0 aliphatic heterocycles. The quantitative estimate of drug-likeness (QED) is 0.500. The Hall–Kier alpha value is -1.68. The summed E-state index contributed by atoms with van der Waals surface area (Å²) in [5.41, 5.74) is 9.95. The van der Waals surface area contributed by atoms with Gasteiger partial charge in [0.25, 0.3) is 0 Å². The highest BCUT2D eigenvalue weighted by atomic mass is 32.1. The average Bonchev–Trinajstić information content (AvgIpc) is 2.28. The maximum atomic E-state index is 5.38. The minimum absolute atomic E-state index is 0.0803. The molecular formula is C14H19N3S. The van der Waals surface area contributed by atoms with Crippen molar-refractivity contribution in [3.63, 3.8) is 0 Å². The topological polar surface area (TPSA) is 50.4 Å². The Morgan fingerprint density at radius 2 is 1.89 bits per heavy atom. The fraction of sp³-hybridized carbons (Fsp3) is 0.286. The van der Waals surface area contributed by atoms with Crippen molar-refractivity contribution in [1.82, 2.24) is 5.43 Å². The number of rotatable bonds is 3. The molecular weight excluding hydrogens is 242 g/mol. The summed E-state index contributed by atoms with van der Waals surface area (Å²) < 4.78 is 0. The van der Waals surface area contributed by atoms with E-state index in [2.05, 4.69) is 31.3 Å². The van der Waals surface area contributed by atoms with Gasteiger partial charge in [0, 0.05) is 5.41 Å². The van der Waals surface area contributed by atoms with Gasteiger partial charge in [-0.15, -0.1) is 0 Å². The molecule has 0 saturated heterocycles. The maximum absolute atomic E-state index is 5.38. The highest BCUT2D eigenvalue weighted by Gasteiger charge is 2.16. The van der Waals surface area contributed by atoms with E-state index in [-0.39, 0.29) is 10.5 Å². The molecule has 0 radical (unpaired) electrons. The van der Waals surface area contributed by atoms with Gasteiger partial charge in [0.1, 0.15) is 0 Å². The third-order valence-corrected chi connectivity index (χ3v) is 2.38. The molecule has 0 amide bonds. The third kappa shape index (κ3) is 5.10. The fourth-order valence-corrected chi connectivity index (χ4v) is 1.36. The van der Waals surface area contributed by atoms with Gasteiger partial charge in [-0.1, -0.05) is 57.2 Å². The molecule has 0 heterocycles. The molecule has 0 bridgehead atoms. The van der Waals surface area contributed by atoms with Crippen LogP contribution in [0.4, 0.5) is 0 Å². The first-order chi connectivity index (χ1) is 8.39. The number of allylic oxidation sites excluding steroid dienone is 1. The minimum atomic E-state index is -0.0803.